The van der Waals surface area contributed by atoms with Crippen LogP contribution in [0.15, 0.2) is 16.8 Å². The van der Waals surface area contributed by atoms with E-state index in [0.717, 1.165) is 13.0 Å². The van der Waals surface area contributed by atoms with E-state index in [0.29, 0.717) is 6.04 Å². The fourth-order valence-corrected chi connectivity index (χ4v) is 1.91. The minimum atomic E-state index is 0.611. The summed E-state index contributed by atoms with van der Waals surface area (Å²) >= 11 is 1.78. The highest BCUT2D eigenvalue weighted by atomic mass is 32.1. The van der Waals surface area contributed by atoms with Crippen LogP contribution in [-0.2, 0) is 6.42 Å². The average Bonchev–Trinajstić information content (AvgIpc) is 2.53. The second kappa shape index (κ2) is 5.33. The molecule has 0 aliphatic carbocycles. The molecule has 0 fully saturated rings. The summed E-state index contributed by atoms with van der Waals surface area (Å²) in [7, 11) is 0. The van der Waals surface area contributed by atoms with E-state index in [-0.39, 0.29) is 0 Å². The summed E-state index contributed by atoms with van der Waals surface area (Å²) in [5.74, 6) is 0. The third-order valence-electron chi connectivity index (χ3n) is 1.86. The molecule has 1 atom stereocenters. The highest BCUT2D eigenvalue weighted by Gasteiger charge is 2.01. The van der Waals surface area contributed by atoms with Gasteiger partial charge in [-0.25, -0.2) is 0 Å². The smallest absolute Gasteiger partial charge is 0.00794 e. The highest BCUT2D eigenvalue weighted by molar-refractivity contribution is 7.07. The molecule has 1 rings (SSSR count). The van der Waals surface area contributed by atoms with Crippen LogP contribution in [0.4, 0.5) is 0 Å². The van der Waals surface area contributed by atoms with Crippen LogP contribution in [0, 0.1) is 0 Å². The Hall–Kier alpha value is -0.340. The molecule has 0 aliphatic rings. The Balaban J connectivity index is 2.22. The van der Waals surface area contributed by atoms with Gasteiger partial charge < -0.3 is 5.32 Å². The van der Waals surface area contributed by atoms with E-state index >= 15 is 0 Å². The molecule has 0 bridgehead atoms. The van der Waals surface area contributed by atoms with E-state index in [1.54, 1.807) is 11.3 Å². The maximum absolute atomic E-state index is 3.48. The van der Waals surface area contributed by atoms with Crippen molar-refractivity contribution in [2.24, 2.45) is 0 Å². The normalized spacial score (nSPS) is 13.2. The molecule has 1 N–H and O–H groups in total. The molecular weight excluding hydrogens is 166 g/mol. The van der Waals surface area contributed by atoms with Crippen LogP contribution >= 0.6 is 11.3 Å². The summed E-state index contributed by atoms with van der Waals surface area (Å²) in [4.78, 5) is 0. The van der Waals surface area contributed by atoms with Crippen molar-refractivity contribution in [1.29, 1.82) is 0 Å². The van der Waals surface area contributed by atoms with E-state index in [4.69, 9.17) is 0 Å². The monoisotopic (exact) mass is 183 g/mol. The molecule has 1 heterocycles. The van der Waals surface area contributed by atoms with Gasteiger partial charge in [-0.15, -0.1) is 0 Å². The summed E-state index contributed by atoms with van der Waals surface area (Å²) < 4.78 is 0. The van der Waals surface area contributed by atoms with E-state index in [2.05, 4.69) is 36.0 Å². The first-order chi connectivity index (χ1) is 5.83. The highest BCUT2D eigenvalue weighted by Crippen LogP contribution is 2.08. The van der Waals surface area contributed by atoms with Crippen molar-refractivity contribution in [2.45, 2.75) is 32.7 Å². The molecule has 1 unspecified atom stereocenters. The molecule has 2 heteroatoms. The summed E-state index contributed by atoms with van der Waals surface area (Å²) in [6, 6.07) is 2.81. The van der Waals surface area contributed by atoms with Gasteiger partial charge in [-0.05, 0) is 48.7 Å². The van der Waals surface area contributed by atoms with E-state index in [1.165, 1.54) is 12.0 Å². The molecule has 0 aromatic carbocycles. The first-order valence-electron chi connectivity index (χ1n) is 4.57. The lowest BCUT2D eigenvalue weighted by Gasteiger charge is -2.11. The largest absolute Gasteiger partial charge is 0.314 e. The zero-order chi connectivity index (χ0) is 8.81. The van der Waals surface area contributed by atoms with Gasteiger partial charge in [0.25, 0.3) is 0 Å². The van der Waals surface area contributed by atoms with Crippen LogP contribution in [0.25, 0.3) is 0 Å². The van der Waals surface area contributed by atoms with Crippen LogP contribution in [0.5, 0.6) is 0 Å². The van der Waals surface area contributed by atoms with Gasteiger partial charge in [-0.3, -0.25) is 0 Å². The SMILES string of the molecule is CCCNC(C)Cc1ccsc1. The van der Waals surface area contributed by atoms with Crippen molar-refractivity contribution in [3.8, 4) is 0 Å². The minimum Gasteiger partial charge on any atom is -0.314 e. The van der Waals surface area contributed by atoms with Crippen molar-refractivity contribution in [1.82, 2.24) is 5.32 Å². The molecular formula is C10H17NS. The van der Waals surface area contributed by atoms with Gasteiger partial charge in [0, 0.05) is 6.04 Å². The zero-order valence-electron chi connectivity index (χ0n) is 7.84. The van der Waals surface area contributed by atoms with Crippen molar-refractivity contribution in [2.75, 3.05) is 6.54 Å². The Morgan fingerprint density at radius 1 is 1.58 bits per heavy atom. The van der Waals surface area contributed by atoms with Gasteiger partial charge in [0.2, 0.25) is 0 Å². The maximum Gasteiger partial charge on any atom is 0.00794 e. The predicted molar refractivity (Wildman–Crippen MR) is 55.8 cm³/mol. The van der Waals surface area contributed by atoms with Gasteiger partial charge in [0.15, 0.2) is 0 Å². The first-order valence-corrected chi connectivity index (χ1v) is 5.51. The van der Waals surface area contributed by atoms with E-state index in [9.17, 15) is 0 Å². The summed E-state index contributed by atoms with van der Waals surface area (Å²) in [5, 5.41) is 7.84. The molecule has 1 nitrogen and oxygen atoms in total. The standard InChI is InChI=1S/C10H17NS/c1-3-5-11-9(2)7-10-4-6-12-8-10/h4,6,8-9,11H,3,5,7H2,1-2H3. The Morgan fingerprint density at radius 3 is 3.00 bits per heavy atom. The fraction of sp³-hybridized carbons (Fsp3) is 0.600. The molecule has 0 saturated heterocycles. The fourth-order valence-electron chi connectivity index (χ4n) is 1.23. The summed E-state index contributed by atoms with van der Waals surface area (Å²) in [5.41, 5.74) is 1.45. The van der Waals surface area contributed by atoms with Crippen molar-refractivity contribution >= 4 is 11.3 Å². The lowest BCUT2D eigenvalue weighted by molar-refractivity contribution is 0.544. The molecule has 0 saturated carbocycles. The quantitative estimate of drug-likeness (QED) is 0.740. The minimum absolute atomic E-state index is 0.611. The number of thiophene rings is 1. The predicted octanol–water partition coefficient (Wildman–Crippen LogP) is 2.68. The van der Waals surface area contributed by atoms with Crippen molar-refractivity contribution in [3.05, 3.63) is 22.4 Å². The zero-order valence-corrected chi connectivity index (χ0v) is 8.66. The molecule has 1 aromatic heterocycles. The molecule has 12 heavy (non-hydrogen) atoms. The lowest BCUT2D eigenvalue weighted by atomic mass is 10.1. The van der Waals surface area contributed by atoms with Gasteiger partial charge in [0.05, 0.1) is 0 Å². The van der Waals surface area contributed by atoms with Gasteiger partial charge in [0.1, 0.15) is 0 Å². The Kier molecular flexibility index (Phi) is 4.33. The molecule has 68 valence electrons. The Labute approximate surface area is 78.8 Å². The van der Waals surface area contributed by atoms with E-state index in [1.807, 2.05) is 0 Å². The number of nitrogens with one attached hydrogen (secondary N) is 1. The van der Waals surface area contributed by atoms with Crippen LogP contribution in [-0.4, -0.2) is 12.6 Å². The maximum atomic E-state index is 3.48. The van der Waals surface area contributed by atoms with Crippen molar-refractivity contribution in [3.63, 3.8) is 0 Å². The second-order valence-electron chi connectivity index (χ2n) is 3.19. The molecule has 0 radical (unpaired) electrons. The number of rotatable bonds is 5. The topological polar surface area (TPSA) is 12.0 Å². The molecule has 1 aromatic rings. The van der Waals surface area contributed by atoms with Gasteiger partial charge >= 0.3 is 0 Å². The third kappa shape index (κ3) is 3.37. The van der Waals surface area contributed by atoms with Gasteiger partial charge in [-0.1, -0.05) is 6.92 Å². The van der Waals surface area contributed by atoms with Crippen LogP contribution in [0.2, 0.25) is 0 Å². The van der Waals surface area contributed by atoms with Crippen LogP contribution in [0.3, 0.4) is 0 Å². The molecule has 0 aliphatic heterocycles. The van der Waals surface area contributed by atoms with Crippen LogP contribution in [0.1, 0.15) is 25.8 Å². The van der Waals surface area contributed by atoms with Gasteiger partial charge in [-0.2, -0.15) is 11.3 Å². The van der Waals surface area contributed by atoms with Crippen LogP contribution < -0.4 is 5.32 Å². The summed E-state index contributed by atoms with van der Waals surface area (Å²) in [6.07, 6.45) is 2.37. The Bertz CT molecular complexity index is 194. The first kappa shape index (κ1) is 9.75. The molecule has 0 amide bonds. The number of hydrogen-bond acceptors (Lipinski definition) is 2. The second-order valence-corrected chi connectivity index (χ2v) is 3.97. The molecule has 0 spiro atoms. The van der Waals surface area contributed by atoms with E-state index < -0.39 is 0 Å². The average molecular weight is 183 g/mol. The number of hydrogen-bond donors (Lipinski definition) is 1. The summed E-state index contributed by atoms with van der Waals surface area (Å²) in [6.45, 7) is 5.57. The third-order valence-corrected chi connectivity index (χ3v) is 2.60. The lowest BCUT2D eigenvalue weighted by Crippen LogP contribution is -2.28. The van der Waals surface area contributed by atoms with Crippen molar-refractivity contribution < 1.29 is 0 Å². The Morgan fingerprint density at radius 2 is 2.42 bits per heavy atom.